The minimum Gasteiger partial charge on any atom is -0.346 e. The van der Waals surface area contributed by atoms with Crippen molar-refractivity contribution >= 4 is 33.9 Å². The van der Waals surface area contributed by atoms with Gasteiger partial charge in [0, 0.05) is 41.3 Å². The molecule has 1 aliphatic carbocycles. The van der Waals surface area contributed by atoms with E-state index in [4.69, 9.17) is 0 Å². The highest BCUT2D eigenvalue weighted by molar-refractivity contribution is 7.14. The molecule has 0 bridgehead atoms. The number of aromatic amines is 1. The van der Waals surface area contributed by atoms with Gasteiger partial charge in [0.15, 0.2) is 0 Å². The molecule has 144 valence electrons. The Morgan fingerprint density at radius 3 is 2.89 bits per heavy atom. The number of carbonyl (C=O) groups excluding carboxylic acids is 1. The predicted octanol–water partition coefficient (Wildman–Crippen LogP) is 5.21. The van der Waals surface area contributed by atoms with Crippen LogP contribution in [0.3, 0.4) is 0 Å². The molecule has 0 radical (unpaired) electrons. The summed E-state index contributed by atoms with van der Waals surface area (Å²) in [6, 6.07) is 6.26. The molecule has 28 heavy (non-hydrogen) atoms. The molecule has 1 aliphatic heterocycles. The van der Waals surface area contributed by atoms with Gasteiger partial charge < -0.3 is 9.88 Å². The third-order valence-corrected chi connectivity index (χ3v) is 7.23. The maximum atomic E-state index is 13.1. The van der Waals surface area contributed by atoms with Crippen molar-refractivity contribution in [3.8, 4) is 0 Å². The number of carbonyl (C=O) groups is 1. The number of pyridine rings is 1. The van der Waals surface area contributed by atoms with Crippen molar-refractivity contribution in [1.82, 2.24) is 14.9 Å². The smallest absolute Gasteiger partial charge is 0.264 e. The Hall–Kier alpha value is -2.40. The van der Waals surface area contributed by atoms with Crippen molar-refractivity contribution in [2.24, 2.45) is 0 Å². The molecule has 0 spiro atoms. The fourth-order valence-electron chi connectivity index (χ4n) is 4.43. The second-order valence-corrected chi connectivity index (χ2v) is 8.94. The highest BCUT2D eigenvalue weighted by Crippen LogP contribution is 2.32. The SMILES string of the molecule is O=C(c1cc2c(s1)CCCCCC2)N1CC=C(c2c[nH]c3ncccc23)CC1. The number of nitrogens with zero attached hydrogens (tertiary/aromatic N) is 2. The van der Waals surface area contributed by atoms with E-state index in [9.17, 15) is 4.79 Å². The Labute approximate surface area is 169 Å². The van der Waals surface area contributed by atoms with Gasteiger partial charge in [-0.2, -0.15) is 0 Å². The molecule has 0 fully saturated rings. The van der Waals surface area contributed by atoms with Gasteiger partial charge in [-0.3, -0.25) is 4.79 Å². The summed E-state index contributed by atoms with van der Waals surface area (Å²) in [5.74, 6) is 0.202. The molecule has 5 rings (SSSR count). The maximum Gasteiger partial charge on any atom is 0.264 e. The first-order chi connectivity index (χ1) is 13.8. The van der Waals surface area contributed by atoms with Crippen LogP contribution in [-0.4, -0.2) is 33.9 Å². The van der Waals surface area contributed by atoms with E-state index in [0.717, 1.165) is 41.7 Å². The summed E-state index contributed by atoms with van der Waals surface area (Å²) in [5.41, 5.74) is 4.87. The number of hydrogen-bond acceptors (Lipinski definition) is 3. The van der Waals surface area contributed by atoms with Crippen molar-refractivity contribution in [2.75, 3.05) is 13.1 Å². The molecule has 1 N–H and O–H groups in total. The van der Waals surface area contributed by atoms with Crippen LogP contribution < -0.4 is 0 Å². The van der Waals surface area contributed by atoms with Gasteiger partial charge in [0.25, 0.3) is 5.91 Å². The number of H-pyrrole nitrogens is 1. The fourth-order valence-corrected chi connectivity index (χ4v) is 5.65. The number of thiophene rings is 1. The molecular formula is C23H25N3OS. The van der Waals surface area contributed by atoms with E-state index in [-0.39, 0.29) is 5.91 Å². The summed E-state index contributed by atoms with van der Waals surface area (Å²) in [6.45, 7) is 1.46. The van der Waals surface area contributed by atoms with Crippen LogP contribution in [0, 0.1) is 0 Å². The normalized spacial score (nSPS) is 17.7. The summed E-state index contributed by atoms with van der Waals surface area (Å²) < 4.78 is 0. The van der Waals surface area contributed by atoms with Crippen LogP contribution in [0.1, 0.15) is 57.8 Å². The van der Waals surface area contributed by atoms with Crippen LogP contribution in [0.4, 0.5) is 0 Å². The third-order valence-electron chi connectivity index (χ3n) is 6.00. The fraction of sp³-hybridized carbons (Fsp3) is 0.391. The Bertz CT molecular complexity index is 1020. The molecule has 4 nitrogen and oxygen atoms in total. The first kappa shape index (κ1) is 17.7. The molecule has 5 heteroatoms. The number of hydrogen-bond donors (Lipinski definition) is 1. The highest BCUT2D eigenvalue weighted by Gasteiger charge is 2.23. The standard InChI is InChI=1S/C23H25N3OS/c27-23(21-14-17-6-3-1-2-4-8-20(17)28-21)26-12-9-16(10-13-26)19-15-25-22-18(19)7-5-11-24-22/h5,7,9,11,14-15H,1-4,6,8,10,12-13H2,(H,24,25). The van der Waals surface area contributed by atoms with E-state index in [1.54, 1.807) is 11.3 Å². The molecule has 0 unspecified atom stereocenters. The lowest BCUT2D eigenvalue weighted by Crippen LogP contribution is -2.34. The predicted molar refractivity (Wildman–Crippen MR) is 115 cm³/mol. The molecule has 0 saturated heterocycles. The maximum absolute atomic E-state index is 13.1. The second kappa shape index (κ2) is 7.55. The monoisotopic (exact) mass is 391 g/mol. The van der Waals surface area contributed by atoms with Crippen LogP contribution in [0.2, 0.25) is 0 Å². The third kappa shape index (κ3) is 3.28. The average Bonchev–Trinajstić information content (AvgIpc) is 3.32. The van der Waals surface area contributed by atoms with Gasteiger partial charge in [0.2, 0.25) is 0 Å². The van der Waals surface area contributed by atoms with Crippen molar-refractivity contribution in [2.45, 2.75) is 44.9 Å². The molecule has 0 saturated carbocycles. The molecule has 4 heterocycles. The molecule has 0 aromatic carbocycles. The van der Waals surface area contributed by atoms with Crippen molar-refractivity contribution in [3.63, 3.8) is 0 Å². The van der Waals surface area contributed by atoms with E-state index < -0.39 is 0 Å². The minimum atomic E-state index is 0.202. The van der Waals surface area contributed by atoms with E-state index in [2.05, 4.69) is 28.2 Å². The van der Waals surface area contributed by atoms with E-state index in [1.807, 2.05) is 23.4 Å². The topological polar surface area (TPSA) is 49.0 Å². The summed E-state index contributed by atoms with van der Waals surface area (Å²) >= 11 is 1.73. The van der Waals surface area contributed by atoms with E-state index in [1.165, 1.54) is 47.3 Å². The number of aryl methyl sites for hydroxylation is 2. The second-order valence-electron chi connectivity index (χ2n) is 7.81. The Morgan fingerprint density at radius 1 is 1.14 bits per heavy atom. The van der Waals surface area contributed by atoms with Crippen LogP contribution in [0.25, 0.3) is 16.6 Å². The lowest BCUT2D eigenvalue weighted by molar-refractivity contribution is 0.0777. The number of fused-ring (bicyclic) bond motifs is 2. The van der Waals surface area contributed by atoms with Gasteiger partial charge in [-0.15, -0.1) is 11.3 Å². The molecule has 3 aromatic rings. The van der Waals surface area contributed by atoms with Crippen LogP contribution in [0.15, 0.2) is 36.7 Å². The lowest BCUT2D eigenvalue weighted by Gasteiger charge is -2.26. The quantitative estimate of drug-likeness (QED) is 0.652. The summed E-state index contributed by atoms with van der Waals surface area (Å²) in [5, 5.41) is 1.16. The van der Waals surface area contributed by atoms with Crippen LogP contribution >= 0.6 is 11.3 Å². The number of amides is 1. The van der Waals surface area contributed by atoms with Crippen molar-refractivity contribution in [3.05, 3.63) is 57.6 Å². The number of rotatable bonds is 2. The Balaban J connectivity index is 1.33. The largest absolute Gasteiger partial charge is 0.346 e. The van der Waals surface area contributed by atoms with Gasteiger partial charge >= 0.3 is 0 Å². The zero-order valence-corrected chi connectivity index (χ0v) is 16.9. The van der Waals surface area contributed by atoms with Crippen LogP contribution in [-0.2, 0) is 12.8 Å². The van der Waals surface area contributed by atoms with Crippen LogP contribution in [0.5, 0.6) is 0 Å². The number of nitrogens with one attached hydrogen (secondary N) is 1. The average molecular weight is 392 g/mol. The first-order valence-electron chi connectivity index (χ1n) is 10.3. The van der Waals surface area contributed by atoms with Gasteiger partial charge in [-0.05, 0) is 61.4 Å². The van der Waals surface area contributed by atoms with Gasteiger partial charge in [-0.25, -0.2) is 4.98 Å². The van der Waals surface area contributed by atoms with E-state index >= 15 is 0 Å². The number of aromatic nitrogens is 2. The van der Waals surface area contributed by atoms with Crippen molar-refractivity contribution in [1.29, 1.82) is 0 Å². The zero-order chi connectivity index (χ0) is 18.9. The highest BCUT2D eigenvalue weighted by atomic mass is 32.1. The summed E-state index contributed by atoms with van der Waals surface area (Å²) in [7, 11) is 0. The van der Waals surface area contributed by atoms with Gasteiger partial charge in [0.05, 0.1) is 4.88 Å². The molecule has 2 aliphatic rings. The molecule has 3 aromatic heterocycles. The Kier molecular flexibility index (Phi) is 4.77. The summed E-state index contributed by atoms with van der Waals surface area (Å²) in [6.07, 6.45) is 14.4. The minimum absolute atomic E-state index is 0.202. The van der Waals surface area contributed by atoms with Gasteiger partial charge in [-0.1, -0.05) is 18.9 Å². The summed E-state index contributed by atoms with van der Waals surface area (Å²) in [4.78, 5) is 25.1. The van der Waals surface area contributed by atoms with Crippen molar-refractivity contribution < 1.29 is 4.79 Å². The molecule has 0 atom stereocenters. The van der Waals surface area contributed by atoms with Gasteiger partial charge in [0.1, 0.15) is 5.65 Å². The molecule has 1 amide bonds. The zero-order valence-electron chi connectivity index (χ0n) is 16.0. The van der Waals surface area contributed by atoms with E-state index in [0.29, 0.717) is 6.54 Å². The molecular weight excluding hydrogens is 366 g/mol. The lowest BCUT2D eigenvalue weighted by atomic mass is 9.99. The Morgan fingerprint density at radius 2 is 2.04 bits per heavy atom. The first-order valence-corrected chi connectivity index (χ1v) is 11.1.